The maximum atomic E-state index is 6.03. The van der Waals surface area contributed by atoms with E-state index in [4.69, 9.17) is 28.9 Å². The quantitative estimate of drug-likeness (QED) is 0.647. The number of rotatable bonds is 2. The second-order valence-corrected chi connectivity index (χ2v) is 5.26. The molecular formula is C10H9BrCl2N2. The van der Waals surface area contributed by atoms with E-state index in [2.05, 4.69) is 20.9 Å². The number of hydrogen-bond donors (Lipinski definition) is 1. The summed E-state index contributed by atoms with van der Waals surface area (Å²) in [5.41, 5.74) is 6.37. The van der Waals surface area contributed by atoms with Crippen LogP contribution in [0.25, 0.3) is 0 Å². The van der Waals surface area contributed by atoms with Crippen LogP contribution in [0.2, 0.25) is 10.0 Å². The molecule has 1 aromatic carbocycles. The minimum absolute atomic E-state index is 0.417. The van der Waals surface area contributed by atoms with Crippen molar-refractivity contribution in [3.8, 4) is 0 Å². The third-order valence-electron chi connectivity index (χ3n) is 2.22. The standard InChI is InChI=1S/C10H9BrCl2N2/c11-6-3-7(12)9(8(13)4-6)15-10(14)5-1-2-5/h3-5H,1-2H2,(H2,14,15). The minimum Gasteiger partial charge on any atom is -0.387 e. The van der Waals surface area contributed by atoms with Crippen LogP contribution in [-0.4, -0.2) is 5.84 Å². The van der Waals surface area contributed by atoms with Gasteiger partial charge < -0.3 is 5.73 Å². The van der Waals surface area contributed by atoms with E-state index in [0.717, 1.165) is 17.3 Å². The molecule has 2 rings (SSSR count). The van der Waals surface area contributed by atoms with Crippen LogP contribution in [0.1, 0.15) is 12.8 Å². The van der Waals surface area contributed by atoms with Crippen LogP contribution in [0.4, 0.5) is 5.69 Å². The molecule has 0 unspecified atom stereocenters. The summed E-state index contributed by atoms with van der Waals surface area (Å²) in [6, 6.07) is 3.51. The van der Waals surface area contributed by atoms with E-state index in [1.165, 1.54) is 0 Å². The van der Waals surface area contributed by atoms with Crippen molar-refractivity contribution in [3.05, 3.63) is 26.7 Å². The molecular weight excluding hydrogens is 299 g/mol. The Morgan fingerprint density at radius 3 is 2.33 bits per heavy atom. The summed E-state index contributed by atoms with van der Waals surface area (Å²) in [7, 11) is 0. The maximum absolute atomic E-state index is 6.03. The molecule has 1 aliphatic carbocycles. The molecule has 15 heavy (non-hydrogen) atoms. The lowest BCUT2D eigenvalue weighted by Gasteiger charge is -2.04. The van der Waals surface area contributed by atoms with Gasteiger partial charge in [-0.1, -0.05) is 39.1 Å². The van der Waals surface area contributed by atoms with Crippen LogP contribution in [0, 0.1) is 5.92 Å². The zero-order chi connectivity index (χ0) is 11.0. The van der Waals surface area contributed by atoms with E-state index >= 15 is 0 Å². The number of nitrogens with two attached hydrogens (primary N) is 1. The molecule has 1 aromatic rings. The highest BCUT2D eigenvalue weighted by atomic mass is 79.9. The summed E-state index contributed by atoms with van der Waals surface area (Å²) < 4.78 is 0.835. The molecule has 2 N–H and O–H groups in total. The van der Waals surface area contributed by atoms with E-state index < -0.39 is 0 Å². The zero-order valence-corrected chi connectivity index (χ0v) is 10.9. The van der Waals surface area contributed by atoms with Crippen molar-refractivity contribution < 1.29 is 0 Å². The highest BCUT2D eigenvalue weighted by Crippen LogP contribution is 2.38. The summed E-state index contributed by atoms with van der Waals surface area (Å²) >= 11 is 15.4. The van der Waals surface area contributed by atoms with Crippen molar-refractivity contribution in [2.45, 2.75) is 12.8 Å². The lowest BCUT2D eigenvalue weighted by molar-refractivity contribution is 1.15. The normalized spacial score (nSPS) is 16.9. The number of aliphatic imine (C=N–C) groups is 1. The second-order valence-electron chi connectivity index (χ2n) is 3.53. The molecule has 0 heterocycles. The first-order valence-electron chi connectivity index (χ1n) is 4.56. The predicted octanol–water partition coefficient (Wildman–Crippen LogP) is 4.15. The fourth-order valence-corrected chi connectivity index (χ4v) is 2.53. The van der Waals surface area contributed by atoms with Gasteiger partial charge in [0.15, 0.2) is 0 Å². The summed E-state index contributed by atoms with van der Waals surface area (Å²) in [6.45, 7) is 0. The topological polar surface area (TPSA) is 38.4 Å². The molecule has 0 bridgehead atoms. The third kappa shape index (κ3) is 2.65. The largest absolute Gasteiger partial charge is 0.387 e. The van der Waals surface area contributed by atoms with Gasteiger partial charge in [0, 0.05) is 10.4 Å². The Balaban J connectivity index is 2.39. The first-order chi connectivity index (χ1) is 7.08. The molecule has 0 saturated heterocycles. The Kier molecular flexibility index (Phi) is 3.24. The van der Waals surface area contributed by atoms with E-state index in [1.807, 2.05) is 0 Å². The van der Waals surface area contributed by atoms with Crippen molar-refractivity contribution in [2.24, 2.45) is 16.6 Å². The van der Waals surface area contributed by atoms with Gasteiger partial charge in [-0.15, -0.1) is 0 Å². The molecule has 0 aromatic heterocycles. The van der Waals surface area contributed by atoms with Crippen molar-refractivity contribution in [1.29, 1.82) is 0 Å². The van der Waals surface area contributed by atoms with E-state index in [0.29, 0.717) is 27.5 Å². The highest BCUT2D eigenvalue weighted by molar-refractivity contribution is 9.10. The number of benzene rings is 1. The average molecular weight is 308 g/mol. The molecule has 0 spiro atoms. The van der Waals surface area contributed by atoms with Gasteiger partial charge in [0.05, 0.1) is 10.0 Å². The van der Waals surface area contributed by atoms with Crippen LogP contribution in [0.3, 0.4) is 0 Å². The zero-order valence-electron chi connectivity index (χ0n) is 7.80. The maximum Gasteiger partial charge on any atom is 0.103 e. The van der Waals surface area contributed by atoms with E-state index in [-0.39, 0.29) is 0 Å². The molecule has 1 aliphatic rings. The van der Waals surface area contributed by atoms with Crippen LogP contribution in [-0.2, 0) is 0 Å². The summed E-state index contributed by atoms with van der Waals surface area (Å²) in [6.07, 6.45) is 2.22. The molecule has 1 saturated carbocycles. The highest BCUT2D eigenvalue weighted by Gasteiger charge is 2.25. The Labute approximate surface area is 107 Å². The molecule has 2 nitrogen and oxygen atoms in total. The van der Waals surface area contributed by atoms with Crippen LogP contribution in [0.15, 0.2) is 21.6 Å². The van der Waals surface area contributed by atoms with Gasteiger partial charge in [0.25, 0.3) is 0 Å². The van der Waals surface area contributed by atoms with Crippen LogP contribution >= 0.6 is 39.1 Å². The van der Waals surface area contributed by atoms with Gasteiger partial charge in [-0.25, -0.2) is 4.99 Å². The summed E-state index contributed by atoms with van der Waals surface area (Å²) in [4.78, 5) is 4.27. The van der Waals surface area contributed by atoms with Crippen molar-refractivity contribution in [1.82, 2.24) is 0 Å². The molecule has 0 amide bonds. The lowest BCUT2D eigenvalue weighted by Crippen LogP contribution is -2.13. The molecule has 0 atom stereocenters. The number of amidine groups is 1. The van der Waals surface area contributed by atoms with Crippen LogP contribution in [0.5, 0.6) is 0 Å². The Morgan fingerprint density at radius 2 is 1.87 bits per heavy atom. The Hall–Kier alpha value is -0.250. The molecule has 5 heteroatoms. The molecule has 80 valence electrons. The predicted molar refractivity (Wildman–Crippen MR) is 68.2 cm³/mol. The average Bonchev–Trinajstić information content (AvgIpc) is 2.93. The molecule has 0 radical (unpaired) electrons. The number of hydrogen-bond acceptors (Lipinski definition) is 1. The lowest BCUT2D eigenvalue weighted by atomic mass is 10.3. The molecule has 1 fully saturated rings. The fraction of sp³-hybridized carbons (Fsp3) is 0.300. The number of nitrogens with zero attached hydrogens (tertiary/aromatic N) is 1. The van der Waals surface area contributed by atoms with Crippen molar-refractivity contribution >= 4 is 50.7 Å². The van der Waals surface area contributed by atoms with Gasteiger partial charge in [-0.2, -0.15) is 0 Å². The monoisotopic (exact) mass is 306 g/mol. The fourth-order valence-electron chi connectivity index (χ4n) is 1.24. The Bertz CT molecular complexity index is 404. The van der Waals surface area contributed by atoms with Gasteiger partial charge in [0.1, 0.15) is 11.5 Å². The smallest absolute Gasteiger partial charge is 0.103 e. The first kappa shape index (κ1) is 11.2. The minimum atomic E-state index is 0.417. The van der Waals surface area contributed by atoms with Crippen molar-refractivity contribution in [2.75, 3.05) is 0 Å². The second kappa shape index (κ2) is 4.32. The van der Waals surface area contributed by atoms with Gasteiger partial charge in [0.2, 0.25) is 0 Å². The Morgan fingerprint density at radius 1 is 1.33 bits per heavy atom. The third-order valence-corrected chi connectivity index (χ3v) is 3.25. The van der Waals surface area contributed by atoms with Gasteiger partial charge in [-0.3, -0.25) is 0 Å². The van der Waals surface area contributed by atoms with Gasteiger partial charge in [-0.05, 0) is 25.0 Å². The first-order valence-corrected chi connectivity index (χ1v) is 6.11. The molecule has 0 aliphatic heterocycles. The van der Waals surface area contributed by atoms with Gasteiger partial charge >= 0.3 is 0 Å². The number of halogens is 3. The van der Waals surface area contributed by atoms with E-state index in [1.54, 1.807) is 12.1 Å². The van der Waals surface area contributed by atoms with Crippen LogP contribution < -0.4 is 5.73 Å². The summed E-state index contributed by atoms with van der Waals surface area (Å²) in [5.74, 6) is 1.04. The van der Waals surface area contributed by atoms with E-state index in [9.17, 15) is 0 Å². The summed E-state index contributed by atoms with van der Waals surface area (Å²) in [5, 5.41) is 1.02. The SMILES string of the molecule is NC(=Nc1c(Cl)cc(Br)cc1Cl)C1CC1. The van der Waals surface area contributed by atoms with Crippen molar-refractivity contribution in [3.63, 3.8) is 0 Å².